The number of imide groups is 2. The van der Waals surface area contributed by atoms with E-state index in [1.807, 2.05) is 0 Å². The fourth-order valence-electron chi connectivity index (χ4n) is 6.80. The molecule has 5 amide bonds. The fraction of sp³-hybridized carbons (Fsp3) is 0.560. The first kappa shape index (κ1) is 23.3. The molecule has 1 spiro atoms. The van der Waals surface area contributed by atoms with E-state index in [1.165, 1.54) is 0 Å². The Morgan fingerprint density at radius 3 is 2.51 bits per heavy atom. The van der Waals surface area contributed by atoms with Crippen molar-refractivity contribution in [3.05, 3.63) is 29.3 Å². The first-order valence-electron chi connectivity index (χ1n) is 12.0. The van der Waals surface area contributed by atoms with Gasteiger partial charge in [-0.1, -0.05) is 26.8 Å². The maximum atomic E-state index is 13.2. The molecule has 2 unspecified atom stereocenters. The molecule has 3 aliphatic heterocycles. The minimum atomic E-state index is -0.996. The lowest BCUT2D eigenvalue weighted by molar-refractivity contribution is -0.169. The van der Waals surface area contributed by atoms with Crippen LogP contribution in [0.2, 0.25) is 0 Å². The van der Waals surface area contributed by atoms with Gasteiger partial charge in [-0.15, -0.1) is 0 Å². The number of carbonyl (C=O) groups excluding carboxylic acids is 4. The van der Waals surface area contributed by atoms with Crippen LogP contribution in [0.15, 0.2) is 18.2 Å². The molecule has 1 saturated carbocycles. The van der Waals surface area contributed by atoms with Crippen molar-refractivity contribution in [3.63, 3.8) is 0 Å². The van der Waals surface area contributed by atoms with Gasteiger partial charge in [0.1, 0.15) is 6.04 Å². The predicted molar refractivity (Wildman–Crippen MR) is 125 cm³/mol. The number of carboxylic acid groups (broad SMARTS) is 1. The minimum absolute atomic E-state index is 0.00398. The molecule has 0 radical (unpaired) electrons. The van der Waals surface area contributed by atoms with Crippen LogP contribution in [0.1, 0.15) is 67.2 Å². The Labute approximate surface area is 203 Å². The van der Waals surface area contributed by atoms with Gasteiger partial charge in [-0.2, -0.15) is 0 Å². The van der Waals surface area contributed by atoms with E-state index in [1.54, 1.807) is 23.1 Å². The molecule has 2 atom stereocenters. The summed E-state index contributed by atoms with van der Waals surface area (Å²) in [5, 5.41) is 15.1. The Kier molecular flexibility index (Phi) is 5.19. The number of likely N-dealkylation sites (tertiary alicyclic amines) is 1. The van der Waals surface area contributed by atoms with Gasteiger partial charge >= 0.3 is 6.09 Å². The van der Waals surface area contributed by atoms with Crippen LogP contribution in [0.3, 0.4) is 0 Å². The summed E-state index contributed by atoms with van der Waals surface area (Å²) in [7, 11) is 0. The lowest BCUT2D eigenvalue weighted by Gasteiger charge is -2.67. The van der Waals surface area contributed by atoms with E-state index in [0.717, 1.165) is 17.7 Å². The number of rotatable bonds is 4. The van der Waals surface area contributed by atoms with E-state index in [0.29, 0.717) is 24.7 Å². The molecule has 186 valence electrons. The summed E-state index contributed by atoms with van der Waals surface area (Å²) in [6.07, 6.45) is 1.12. The molecule has 0 aromatic heterocycles. The second-order valence-corrected chi connectivity index (χ2v) is 11.4. The van der Waals surface area contributed by atoms with Gasteiger partial charge in [0.25, 0.3) is 11.8 Å². The smallest absolute Gasteiger partial charge is 0.407 e. The Hall–Kier alpha value is -3.43. The number of hydrogen-bond acceptors (Lipinski definition) is 6. The van der Waals surface area contributed by atoms with E-state index in [-0.39, 0.29) is 40.8 Å². The van der Waals surface area contributed by atoms with E-state index in [2.05, 4.69) is 31.4 Å². The van der Waals surface area contributed by atoms with Gasteiger partial charge < -0.3 is 15.3 Å². The summed E-state index contributed by atoms with van der Waals surface area (Å²) in [5.41, 5.74) is 0.894. The number of anilines is 1. The molecule has 0 bridgehead atoms. The fourth-order valence-corrected chi connectivity index (χ4v) is 6.80. The first-order chi connectivity index (χ1) is 16.4. The zero-order chi connectivity index (χ0) is 25.3. The van der Waals surface area contributed by atoms with Crippen LogP contribution in [-0.2, 0) is 9.59 Å². The summed E-state index contributed by atoms with van der Waals surface area (Å²) < 4.78 is 0. The first-order valence-corrected chi connectivity index (χ1v) is 12.0. The summed E-state index contributed by atoms with van der Waals surface area (Å²) >= 11 is 0. The third-order valence-corrected chi connectivity index (χ3v) is 7.88. The summed E-state index contributed by atoms with van der Waals surface area (Å²) in [6.45, 7) is 7.37. The van der Waals surface area contributed by atoms with Crippen LogP contribution < -0.4 is 10.6 Å². The third-order valence-electron chi connectivity index (χ3n) is 7.88. The standard InChI is InChI=1S/C25H30N4O6/c1-24(2,3)22-25(12-28(22)23(34)35)9-13(10-25)11-26-15-6-4-5-14-18(15)21(33)29(20(14)32)16-7-8-17(30)27-19(16)31/h4-6,13,16,22,26H,7-12H2,1-3H3,(H,34,35)(H,27,30,31). The average molecular weight is 483 g/mol. The highest BCUT2D eigenvalue weighted by Gasteiger charge is 2.64. The maximum absolute atomic E-state index is 13.2. The molecule has 5 rings (SSSR count). The van der Waals surface area contributed by atoms with E-state index >= 15 is 0 Å². The minimum Gasteiger partial charge on any atom is -0.465 e. The molecule has 35 heavy (non-hydrogen) atoms. The highest BCUT2D eigenvalue weighted by molar-refractivity contribution is 6.25. The summed E-state index contributed by atoms with van der Waals surface area (Å²) in [5.74, 6) is -1.77. The second-order valence-electron chi connectivity index (χ2n) is 11.4. The van der Waals surface area contributed by atoms with E-state index in [4.69, 9.17) is 0 Å². The van der Waals surface area contributed by atoms with Crippen molar-refractivity contribution in [2.24, 2.45) is 16.7 Å². The number of nitrogens with zero attached hydrogens (tertiary/aromatic N) is 2. The largest absolute Gasteiger partial charge is 0.465 e. The molecule has 1 aliphatic carbocycles. The van der Waals surface area contributed by atoms with Crippen LogP contribution in [0, 0.1) is 16.7 Å². The average Bonchev–Trinajstić information content (AvgIpc) is 2.96. The number of carbonyl (C=O) groups is 5. The van der Waals surface area contributed by atoms with Gasteiger partial charge in [-0.05, 0) is 42.7 Å². The molecule has 1 aromatic carbocycles. The van der Waals surface area contributed by atoms with Crippen molar-refractivity contribution < 1.29 is 29.1 Å². The summed E-state index contributed by atoms with van der Waals surface area (Å²) in [6, 6.07) is 4.01. The van der Waals surface area contributed by atoms with Crippen LogP contribution in [0.4, 0.5) is 10.5 Å². The van der Waals surface area contributed by atoms with Gasteiger partial charge in [0, 0.05) is 36.7 Å². The molecule has 3 fully saturated rings. The normalized spacial score (nSPS) is 30.1. The van der Waals surface area contributed by atoms with Crippen molar-refractivity contribution in [2.75, 3.05) is 18.4 Å². The molecule has 2 saturated heterocycles. The molecule has 4 aliphatic rings. The summed E-state index contributed by atoms with van der Waals surface area (Å²) in [4.78, 5) is 64.1. The number of piperidine rings is 1. The number of amides is 5. The SMILES string of the molecule is CC(C)(C)C1N(C(=O)O)CC12CC(CNc1cccc3c1C(=O)N(C1CCC(=O)NC1=O)C3=O)C2. The lowest BCUT2D eigenvalue weighted by Crippen LogP contribution is -2.74. The van der Waals surface area contributed by atoms with Crippen LogP contribution in [0.5, 0.6) is 0 Å². The molecule has 10 heteroatoms. The van der Waals surface area contributed by atoms with E-state index in [9.17, 15) is 29.1 Å². The number of fused-ring (bicyclic) bond motifs is 1. The van der Waals surface area contributed by atoms with Gasteiger partial charge in [-0.25, -0.2) is 4.79 Å². The third kappa shape index (κ3) is 3.57. The monoisotopic (exact) mass is 482 g/mol. The van der Waals surface area contributed by atoms with Gasteiger partial charge in [0.15, 0.2) is 0 Å². The Balaban J connectivity index is 1.27. The zero-order valence-electron chi connectivity index (χ0n) is 20.1. The van der Waals surface area contributed by atoms with Crippen LogP contribution >= 0.6 is 0 Å². The van der Waals surface area contributed by atoms with Crippen molar-refractivity contribution in [1.29, 1.82) is 0 Å². The molecular weight excluding hydrogens is 452 g/mol. The lowest BCUT2D eigenvalue weighted by atomic mass is 9.49. The Bertz CT molecular complexity index is 1150. The highest BCUT2D eigenvalue weighted by atomic mass is 16.4. The maximum Gasteiger partial charge on any atom is 0.407 e. The Morgan fingerprint density at radius 1 is 1.17 bits per heavy atom. The highest BCUT2D eigenvalue weighted by Crippen LogP contribution is 2.60. The molecule has 1 aromatic rings. The van der Waals surface area contributed by atoms with Crippen molar-refractivity contribution in [1.82, 2.24) is 15.1 Å². The predicted octanol–water partition coefficient (Wildman–Crippen LogP) is 2.30. The zero-order valence-corrected chi connectivity index (χ0v) is 20.1. The van der Waals surface area contributed by atoms with Crippen molar-refractivity contribution >= 4 is 35.4 Å². The van der Waals surface area contributed by atoms with Gasteiger partial charge in [-0.3, -0.25) is 29.4 Å². The molecule has 3 N–H and O–H groups in total. The second kappa shape index (κ2) is 7.79. The number of nitrogens with one attached hydrogen (secondary N) is 2. The van der Waals surface area contributed by atoms with Crippen LogP contribution in [0.25, 0.3) is 0 Å². The number of hydrogen-bond donors (Lipinski definition) is 3. The van der Waals surface area contributed by atoms with Crippen molar-refractivity contribution in [3.8, 4) is 0 Å². The van der Waals surface area contributed by atoms with E-state index < -0.39 is 35.8 Å². The molecular formula is C25H30N4O6. The van der Waals surface area contributed by atoms with Gasteiger partial charge in [0.2, 0.25) is 11.8 Å². The van der Waals surface area contributed by atoms with Crippen molar-refractivity contribution in [2.45, 2.75) is 58.5 Å². The van der Waals surface area contributed by atoms with Crippen LogP contribution in [-0.4, -0.2) is 69.8 Å². The molecule has 10 nitrogen and oxygen atoms in total. The quantitative estimate of drug-likeness (QED) is 0.560. The van der Waals surface area contributed by atoms with Gasteiger partial charge in [0.05, 0.1) is 11.1 Å². The number of benzene rings is 1. The Morgan fingerprint density at radius 2 is 1.89 bits per heavy atom. The molecule has 3 heterocycles. The topological polar surface area (TPSA) is 136 Å².